The fourth-order valence-corrected chi connectivity index (χ4v) is 3.73. The molecule has 0 aliphatic heterocycles. The van der Waals surface area contributed by atoms with Gasteiger partial charge in [-0.05, 0) is 18.1 Å². The summed E-state index contributed by atoms with van der Waals surface area (Å²) in [5, 5.41) is 0. The van der Waals surface area contributed by atoms with E-state index in [0.29, 0.717) is 6.54 Å². The topological polar surface area (TPSA) is 55.8 Å². The average Bonchev–Trinajstić information content (AvgIpc) is 2.68. The molecule has 0 heterocycles. The van der Waals surface area contributed by atoms with E-state index < -0.39 is 7.60 Å². The molecule has 26 heavy (non-hydrogen) atoms. The number of carbonyl (C=O) groups is 1. The van der Waals surface area contributed by atoms with Crippen molar-refractivity contribution in [3.8, 4) is 0 Å². The van der Waals surface area contributed by atoms with Gasteiger partial charge in [-0.25, -0.2) is 0 Å². The molecule has 0 fully saturated rings. The minimum atomic E-state index is -3.35. The van der Waals surface area contributed by atoms with Gasteiger partial charge in [0, 0.05) is 26.8 Å². The Balaban J connectivity index is 2.17. The number of carbonyl (C=O) groups excluding carboxylic acids is 1. The molecule has 0 aromatic heterocycles. The summed E-state index contributed by atoms with van der Waals surface area (Å²) >= 11 is 0. The molecule has 2 aromatic carbocycles. The molecule has 140 valence electrons. The highest BCUT2D eigenvalue weighted by Gasteiger charge is 2.28. The maximum Gasteiger partial charge on any atom is 0.337 e. The van der Waals surface area contributed by atoms with Gasteiger partial charge in [-0.15, -0.1) is 0 Å². The Hall–Kier alpha value is -1.78. The van der Waals surface area contributed by atoms with Crippen molar-refractivity contribution in [2.24, 2.45) is 0 Å². The standard InChI is InChI=1S/C20H26NO4P/c1-17(19-12-8-5-9-13-19)21(14-18-10-6-4-7-11-18)15-20(22)16-26(23,24-2)25-3/h4-13,17H,14-16H2,1-3H3/t17-/m0/s1. The molecular formula is C20H26NO4P. The number of hydrogen-bond acceptors (Lipinski definition) is 5. The Kier molecular flexibility index (Phi) is 7.73. The van der Waals surface area contributed by atoms with Gasteiger partial charge in [-0.1, -0.05) is 60.7 Å². The molecule has 0 saturated heterocycles. The molecule has 0 bridgehead atoms. The van der Waals surface area contributed by atoms with Gasteiger partial charge in [0.2, 0.25) is 0 Å². The highest BCUT2D eigenvalue weighted by Crippen LogP contribution is 2.46. The predicted molar refractivity (Wildman–Crippen MR) is 103 cm³/mol. The van der Waals surface area contributed by atoms with Crippen LogP contribution in [0.2, 0.25) is 0 Å². The molecule has 2 rings (SSSR count). The van der Waals surface area contributed by atoms with Crippen LogP contribution in [-0.4, -0.2) is 37.6 Å². The molecule has 0 N–H and O–H groups in total. The molecule has 0 aliphatic carbocycles. The van der Waals surface area contributed by atoms with E-state index in [0.717, 1.165) is 11.1 Å². The third-order valence-corrected chi connectivity index (χ3v) is 6.22. The summed E-state index contributed by atoms with van der Waals surface area (Å²) in [4.78, 5) is 14.6. The van der Waals surface area contributed by atoms with Crippen LogP contribution in [0.5, 0.6) is 0 Å². The first kappa shape index (κ1) is 20.5. The molecule has 5 nitrogen and oxygen atoms in total. The van der Waals surface area contributed by atoms with Crippen molar-refractivity contribution >= 4 is 13.4 Å². The SMILES string of the molecule is COP(=O)(CC(=O)CN(Cc1ccccc1)[C@@H](C)c1ccccc1)OC. The molecule has 0 unspecified atom stereocenters. The van der Waals surface area contributed by atoms with E-state index in [1.54, 1.807) is 0 Å². The molecule has 0 spiro atoms. The van der Waals surface area contributed by atoms with Crippen LogP contribution in [0, 0.1) is 0 Å². The highest BCUT2D eigenvalue weighted by atomic mass is 31.2. The zero-order valence-corrected chi connectivity index (χ0v) is 16.4. The van der Waals surface area contributed by atoms with Crippen LogP contribution in [0.4, 0.5) is 0 Å². The minimum Gasteiger partial charge on any atom is -0.312 e. The summed E-state index contributed by atoms with van der Waals surface area (Å²) in [7, 11) is -0.759. The molecule has 2 aromatic rings. The van der Waals surface area contributed by atoms with Crippen molar-refractivity contribution < 1.29 is 18.4 Å². The summed E-state index contributed by atoms with van der Waals surface area (Å²) < 4.78 is 22.1. The summed E-state index contributed by atoms with van der Waals surface area (Å²) in [5.41, 5.74) is 2.24. The summed E-state index contributed by atoms with van der Waals surface area (Å²) in [5.74, 6) is -0.171. The van der Waals surface area contributed by atoms with Gasteiger partial charge in [0.05, 0.1) is 6.54 Å². The number of Topliss-reactive ketones (excluding diaryl/α,β-unsaturated/α-hetero) is 1. The van der Waals surface area contributed by atoms with E-state index in [1.807, 2.05) is 60.7 Å². The van der Waals surface area contributed by atoms with Crippen LogP contribution in [0.3, 0.4) is 0 Å². The van der Waals surface area contributed by atoms with Crippen molar-refractivity contribution in [2.75, 3.05) is 26.9 Å². The zero-order valence-electron chi connectivity index (χ0n) is 15.5. The second-order valence-corrected chi connectivity index (χ2v) is 8.42. The first-order chi connectivity index (χ1) is 12.5. The number of hydrogen-bond donors (Lipinski definition) is 0. The zero-order chi connectivity index (χ0) is 19.0. The van der Waals surface area contributed by atoms with Crippen LogP contribution >= 0.6 is 7.60 Å². The fourth-order valence-electron chi connectivity index (χ4n) is 2.79. The predicted octanol–water partition coefficient (Wildman–Crippen LogP) is 4.30. The Morgan fingerprint density at radius 3 is 2.08 bits per heavy atom. The fraction of sp³-hybridized carbons (Fsp3) is 0.350. The van der Waals surface area contributed by atoms with Gasteiger partial charge in [0.15, 0.2) is 5.78 Å². The highest BCUT2D eigenvalue weighted by molar-refractivity contribution is 7.54. The van der Waals surface area contributed by atoms with Crippen LogP contribution in [0.15, 0.2) is 60.7 Å². The van der Waals surface area contributed by atoms with Crippen molar-refractivity contribution in [1.82, 2.24) is 4.90 Å². The van der Waals surface area contributed by atoms with Crippen LogP contribution in [-0.2, 0) is 25.0 Å². The third-order valence-electron chi connectivity index (χ3n) is 4.36. The van der Waals surface area contributed by atoms with Gasteiger partial charge in [-0.2, -0.15) is 0 Å². The van der Waals surface area contributed by atoms with Crippen molar-refractivity contribution in [3.63, 3.8) is 0 Å². The smallest absolute Gasteiger partial charge is 0.312 e. The minimum absolute atomic E-state index is 0.0323. The number of nitrogens with zero attached hydrogens (tertiary/aromatic N) is 1. The normalized spacial score (nSPS) is 12.9. The first-order valence-electron chi connectivity index (χ1n) is 8.52. The molecule has 6 heteroatoms. The Morgan fingerprint density at radius 1 is 1.00 bits per heavy atom. The monoisotopic (exact) mass is 375 g/mol. The van der Waals surface area contributed by atoms with Gasteiger partial charge in [-0.3, -0.25) is 14.3 Å². The van der Waals surface area contributed by atoms with E-state index in [1.165, 1.54) is 14.2 Å². The largest absolute Gasteiger partial charge is 0.337 e. The second-order valence-electron chi connectivity index (χ2n) is 6.15. The van der Waals surface area contributed by atoms with Crippen LogP contribution in [0.1, 0.15) is 24.1 Å². The summed E-state index contributed by atoms with van der Waals surface area (Å²) in [6.07, 6.45) is -0.229. The number of benzene rings is 2. The number of rotatable bonds is 10. The number of ketones is 1. The average molecular weight is 375 g/mol. The molecular weight excluding hydrogens is 349 g/mol. The molecule has 0 aliphatic rings. The Labute approximate surface area is 155 Å². The van der Waals surface area contributed by atoms with Gasteiger partial charge < -0.3 is 9.05 Å². The molecule has 0 radical (unpaired) electrons. The van der Waals surface area contributed by atoms with E-state index in [9.17, 15) is 9.36 Å². The maximum absolute atomic E-state index is 12.5. The third kappa shape index (κ3) is 5.89. The van der Waals surface area contributed by atoms with Crippen molar-refractivity contribution in [1.29, 1.82) is 0 Å². The first-order valence-corrected chi connectivity index (χ1v) is 10.3. The van der Waals surface area contributed by atoms with Crippen molar-refractivity contribution in [2.45, 2.75) is 19.5 Å². The lowest BCUT2D eigenvalue weighted by molar-refractivity contribution is -0.118. The lowest BCUT2D eigenvalue weighted by Gasteiger charge is -2.29. The molecule has 1 atom stereocenters. The van der Waals surface area contributed by atoms with E-state index in [2.05, 4.69) is 11.8 Å². The van der Waals surface area contributed by atoms with E-state index >= 15 is 0 Å². The van der Waals surface area contributed by atoms with E-state index in [-0.39, 0.29) is 24.5 Å². The summed E-state index contributed by atoms with van der Waals surface area (Å²) in [6.45, 7) is 2.85. The Bertz CT molecular complexity index is 728. The molecule has 0 amide bonds. The van der Waals surface area contributed by atoms with Crippen molar-refractivity contribution in [3.05, 3.63) is 71.8 Å². The summed E-state index contributed by atoms with van der Waals surface area (Å²) in [6, 6.07) is 20.0. The van der Waals surface area contributed by atoms with Gasteiger partial charge in [0.1, 0.15) is 6.16 Å². The van der Waals surface area contributed by atoms with Crippen LogP contribution in [0.25, 0.3) is 0 Å². The lowest BCUT2D eigenvalue weighted by Crippen LogP contribution is -2.33. The van der Waals surface area contributed by atoms with Gasteiger partial charge in [0.25, 0.3) is 0 Å². The van der Waals surface area contributed by atoms with Gasteiger partial charge >= 0.3 is 7.60 Å². The maximum atomic E-state index is 12.5. The lowest BCUT2D eigenvalue weighted by atomic mass is 10.1. The molecule has 0 saturated carbocycles. The second kappa shape index (κ2) is 9.79. The van der Waals surface area contributed by atoms with Crippen LogP contribution < -0.4 is 0 Å². The Morgan fingerprint density at radius 2 is 1.54 bits per heavy atom. The quantitative estimate of drug-likeness (QED) is 0.580. The van der Waals surface area contributed by atoms with E-state index in [4.69, 9.17) is 9.05 Å².